The molecule has 0 aromatic carbocycles. The summed E-state index contributed by atoms with van der Waals surface area (Å²) in [5.74, 6) is 0.950. The Morgan fingerprint density at radius 1 is 1.33 bits per heavy atom. The molecule has 2 aliphatic heterocycles. The Bertz CT molecular complexity index is 613. The molecule has 0 saturated carbocycles. The molecule has 1 aromatic heterocycles. The van der Waals surface area contributed by atoms with E-state index in [9.17, 15) is 9.59 Å². The molecule has 24 heavy (non-hydrogen) atoms. The fourth-order valence-corrected chi connectivity index (χ4v) is 3.43. The Balaban J connectivity index is 1.62. The van der Waals surface area contributed by atoms with Crippen LogP contribution in [0.4, 0.5) is 0 Å². The lowest BCUT2D eigenvalue weighted by Crippen LogP contribution is -2.48. The van der Waals surface area contributed by atoms with Gasteiger partial charge in [0.05, 0.1) is 25.4 Å². The fourth-order valence-electron chi connectivity index (χ4n) is 3.43. The van der Waals surface area contributed by atoms with E-state index in [-0.39, 0.29) is 24.5 Å². The first kappa shape index (κ1) is 17.0. The van der Waals surface area contributed by atoms with Crippen molar-refractivity contribution in [1.82, 2.24) is 19.4 Å². The minimum Gasteiger partial charge on any atom is -0.367 e. The number of aromatic nitrogens is 2. The van der Waals surface area contributed by atoms with Gasteiger partial charge in [-0.05, 0) is 19.8 Å². The highest BCUT2D eigenvalue weighted by atomic mass is 16.5. The zero-order chi connectivity index (χ0) is 17.1. The molecule has 7 heteroatoms. The van der Waals surface area contributed by atoms with Crippen molar-refractivity contribution in [2.75, 3.05) is 32.8 Å². The zero-order valence-corrected chi connectivity index (χ0v) is 14.5. The van der Waals surface area contributed by atoms with Crippen molar-refractivity contribution < 1.29 is 14.3 Å². The van der Waals surface area contributed by atoms with Gasteiger partial charge in [-0.1, -0.05) is 6.42 Å². The normalized spacial score (nSPS) is 22.6. The summed E-state index contributed by atoms with van der Waals surface area (Å²) in [5, 5.41) is 0. The van der Waals surface area contributed by atoms with Gasteiger partial charge in [-0.2, -0.15) is 0 Å². The van der Waals surface area contributed by atoms with Gasteiger partial charge in [-0.25, -0.2) is 4.98 Å². The topological polar surface area (TPSA) is 67.7 Å². The van der Waals surface area contributed by atoms with Crippen LogP contribution < -0.4 is 0 Å². The molecule has 0 N–H and O–H groups in total. The molecule has 0 bridgehead atoms. The van der Waals surface area contributed by atoms with E-state index in [1.54, 1.807) is 9.80 Å². The third kappa shape index (κ3) is 3.77. The van der Waals surface area contributed by atoms with Gasteiger partial charge >= 0.3 is 0 Å². The van der Waals surface area contributed by atoms with E-state index in [1.165, 1.54) is 0 Å². The third-order valence-electron chi connectivity index (χ3n) is 4.74. The summed E-state index contributed by atoms with van der Waals surface area (Å²) in [5.41, 5.74) is 0.940. The number of ether oxygens (including phenoxy) is 1. The minimum atomic E-state index is -0.207. The lowest BCUT2D eigenvalue weighted by atomic mass is 10.2. The number of aryl methyl sites for hydroxylation is 2. The van der Waals surface area contributed by atoms with Gasteiger partial charge in [0.2, 0.25) is 11.8 Å². The number of carbonyl (C=O) groups excluding carboxylic acids is 2. The van der Waals surface area contributed by atoms with E-state index < -0.39 is 0 Å². The second kappa shape index (κ2) is 7.34. The number of rotatable bonds is 3. The van der Waals surface area contributed by atoms with E-state index in [0.717, 1.165) is 30.8 Å². The standard InChI is InChI=1S/C17H26N4O3/c1-13-10-19(2)17(18-13)14-11-21(8-9-24-14)16(23)12-20-7-5-3-4-6-15(20)22/h10,14H,3-9,11-12H2,1-2H3/t14-/m0/s1. The van der Waals surface area contributed by atoms with Gasteiger partial charge < -0.3 is 19.1 Å². The van der Waals surface area contributed by atoms with E-state index in [4.69, 9.17) is 4.74 Å². The average Bonchev–Trinajstić information content (AvgIpc) is 2.78. The molecule has 2 amide bonds. The van der Waals surface area contributed by atoms with Crippen LogP contribution in [0.15, 0.2) is 6.20 Å². The zero-order valence-electron chi connectivity index (χ0n) is 14.5. The second-order valence-electron chi connectivity index (χ2n) is 6.68. The predicted molar refractivity (Wildman–Crippen MR) is 88.3 cm³/mol. The number of hydrogen-bond donors (Lipinski definition) is 0. The first-order valence-corrected chi connectivity index (χ1v) is 8.71. The molecule has 0 aliphatic carbocycles. The summed E-state index contributed by atoms with van der Waals surface area (Å²) in [6.45, 7) is 4.38. The van der Waals surface area contributed by atoms with Crippen molar-refractivity contribution in [2.45, 2.75) is 38.7 Å². The van der Waals surface area contributed by atoms with Gasteiger partial charge in [0.15, 0.2) is 0 Å². The molecule has 3 rings (SSSR count). The Morgan fingerprint density at radius 2 is 2.17 bits per heavy atom. The summed E-state index contributed by atoms with van der Waals surface area (Å²) < 4.78 is 7.76. The van der Waals surface area contributed by atoms with Crippen molar-refractivity contribution in [3.05, 3.63) is 17.7 Å². The summed E-state index contributed by atoms with van der Waals surface area (Å²) in [7, 11) is 1.94. The molecular weight excluding hydrogens is 308 g/mol. The monoisotopic (exact) mass is 334 g/mol. The molecule has 2 saturated heterocycles. The molecule has 132 valence electrons. The SMILES string of the molecule is Cc1cn(C)c([C@@H]2CN(C(=O)CN3CCCCCC3=O)CCO2)n1. The van der Waals surface area contributed by atoms with E-state index >= 15 is 0 Å². The highest BCUT2D eigenvalue weighted by molar-refractivity contribution is 5.85. The maximum Gasteiger partial charge on any atom is 0.242 e. The fraction of sp³-hybridized carbons (Fsp3) is 0.706. The van der Waals surface area contributed by atoms with Crippen LogP contribution in [0.2, 0.25) is 0 Å². The lowest BCUT2D eigenvalue weighted by molar-refractivity contribution is -0.145. The van der Waals surface area contributed by atoms with Gasteiger partial charge in [-0.15, -0.1) is 0 Å². The molecule has 1 atom stereocenters. The second-order valence-corrected chi connectivity index (χ2v) is 6.68. The van der Waals surface area contributed by atoms with Crippen LogP contribution >= 0.6 is 0 Å². The van der Waals surface area contributed by atoms with Crippen LogP contribution in [0.25, 0.3) is 0 Å². The minimum absolute atomic E-state index is 0.00415. The largest absolute Gasteiger partial charge is 0.367 e. The van der Waals surface area contributed by atoms with Gasteiger partial charge in [0, 0.05) is 32.8 Å². The molecule has 3 heterocycles. The Kier molecular flexibility index (Phi) is 5.18. The van der Waals surface area contributed by atoms with Crippen molar-refractivity contribution >= 4 is 11.8 Å². The Labute approximate surface area is 142 Å². The Morgan fingerprint density at radius 3 is 2.92 bits per heavy atom. The number of morpholine rings is 1. The summed E-state index contributed by atoms with van der Waals surface area (Å²) in [4.78, 5) is 32.7. The molecule has 1 aromatic rings. The summed E-state index contributed by atoms with van der Waals surface area (Å²) in [6.07, 6.45) is 5.29. The van der Waals surface area contributed by atoms with Crippen molar-refractivity contribution in [2.24, 2.45) is 7.05 Å². The van der Waals surface area contributed by atoms with Crippen LogP contribution in [0.3, 0.4) is 0 Å². The quantitative estimate of drug-likeness (QED) is 0.828. The molecular formula is C17H26N4O3. The number of carbonyl (C=O) groups is 2. The lowest BCUT2D eigenvalue weighted by Gasteiger charge is -2.34. The van der Waals surface area contributed by atoms with Crippen LogP contribution in [-0.2, 0) is 21.4 Å². The predicted octanol–water partition coefficient (Wildman–Crippen LogP) is 1.03. The van der Waals surface area contributed by atoms with Gasteiger partial charge in [0.1, 0.15) is 11.9 Å². The third-order valence-corrected chi connectivity index (χ3v) is 4.74. The smallest absolute Gasteiger partial charge is 0.242 e. The highest BCUT2D eigenvalue weighted by Crippen LogP contribution is 2.22. The molecule has 0 spiro atoms. The van der Waals surface area contributed by atoms with E-state index in [2.05, 4.69) is 4.98 Å². The van der Waals surface area contributed by atoms with Crippen LogP contribution in [-0.4, -0.2) is 64.0 Å². The maximum absolute atomic E-state index is 12.6. The first-order chi connectivity index (χ1) is 11.5. The number of amides is 2. The molecule has 2 aliphatic rings. The molecule has 0 unspecified atom stereocenters. The number of hydrogen-bond acceptors (Lipinski definition) is 4. The number of likely N-dealkylation sites (tertiary alicyclic amines) is 1. The van der Waals surface area contributed by atoms with Crippen LogP contribution in [0.1, 0.15) is 43.3 Å². The molecule has 0 radical (unpaired) electrons. The Hall–Kier alpha value is -1.89. The highest BCUT2D eigenvalue weighted by Gasteiger charge is 2.29. The van der Waals surface area contributed by atoms with E-state index in [0.29, 0.717) is 32.7 Å². The molecule has 7 nitrogen and oxygen atoms in total. The van der Waals surface area contributed by atoms with E-state index in [1.807, 2.05) is 24.7 Å². The number of nitrogens with zero attached hydrogens (tertiary/aromatic N) is 4. The van der Waals surface area contributed by atoms with Gasteiger partial charge in [0.25, 0.3) is 0 Å². The van der Waals surface area contributed by atoms with Gasteiger partial charge in [-0.3, -0.25) is 9.59 Å². The van der Waals surface area contributed by atoms with Crippen molar-refractivity contribution in [1.29, 1.82) is 0 Å². The summed E-state index contributed by atoms with van der Waals surface area (Å²) >= 11 is 0. The molecule has 2 fully saturated rings. The van der Waals surface area contributed by atoms with Crippen LogP contribution in [0.5, 0.6) is 0 Å². The van der Waals surface area contributed by atoms with Crippen molar-refractivity contribution in [3.63, 3.8) is 0 Å². The van der Waals surface area contributed by atoms with Crippen molar-refractivity contribution in [3.8, 4) is 0 Å². The maximum atomic E-state index is 12.6. The number of imidazole rings is 1. The first-order valence-electron chi connectivity index (χ1n) is 8.71. The summed E-state index contributed by atoms with van der Waals surface area (Å²) in [6, 6.07) is 0. The van der Waals surface area contributed by atoms with Crippen LogP contribution in [0, 0.1) is 6.92 Å². The average molecular weight is 334 g/mol.